The molecular weight excluding hydrogens is 429 g/mol. The number of oxazole rings is 1. The lowest BCUT2D eigenvalue weighted by atomic mass is 10.2. The Balaban J connectivity index is 0.00000312. The molecular formula is C18H28IN5O. The fourth-order valence-corrected chi connectivity index (χ4v) is 2.29. The van der Waals surface area contributed by atoms with Crippen LogP contribution < -0.4 is 15.5 Å². The zero-order chi connectivity index (χ0) is 17.5. The van der Waals surface area contributed by atoms with Crippen LogP contribution in [0.5, 0.6) is 0 Å². The number of aromatic nitrogens is 1. The van der Waals surface area contributed by atoms with Gasteiger partial charge in [-0.15, -0.1) is 24.0 Å². The summed E-state index contributed by atoms with van der Waals surface area (Å²) in [5, 5.41) is 6.56. The minimum Gasteiger partial charge on any atom is -0.444 e. The largest absolute Gasteiger partial charge is 0.444 e. The molecule has 0 bridgehead atoms. The number of rotatable bonds is 6. The molecule has 6 nitrogen and oxygen atoms in total. The Kier molecular flexibility index (Phi) is 8.74. The molecule has 2 N–H and O–H groups in total. The van der Waals surface area contributed by atoms with E-state index in [1.54, 1.807) is 7.05 Å². The molecule has 1 aromatic carbocycles. The number of guanidine groups is 1. The monoisotopic (exact) mass is 457 g/mol. The lowest BCUT2D eigenvalue weighted by molar-refractivity contribution is 0.463. The fraction of sp³-hybridized carbons (Fsp3) is 0.444. The second-order valence-corrected chi connectivity index (χ2v) is 5.85. The molecule has 0 fully saturated rings. The van der Waals surface area contributed by atoms with Crippen LogP contribution in [0.4, 0.5) is 5.69 Å². The molecule has 0 aliphatic carbocycles. The standard InChI is InChI=1S/C18H27N5O.HI/c1-13(23(5)16-9-7-6-8-10-16)11-20-18(19-4)21-12-17-22-14(2)15(3)24-17;/h6-10,13H,11-12H2,1-5H3,(H2,19,20,21);1H. The summed E-state index contributed by atoms with van der Waals surface area (Å²) in [6, 6.07) is 10.7. The van der Waals surface area contributed by atoms with E-state index >= 15 is 0 Å². The first-order chi connectivity index (χ1) is 11.5. The summed E-state index contributed by atoms with van der Waals surface area (Å²) in [5.74, 6) is 2.26. The van der Waals surface area contributed by atoms with E-state index in [-0.39, 0.29) is 24.0 Å². The molecule has 7 heteroatoms. The van der Waals surface area contributed by atoms with Crippen LogP contribution in [0.1, 0.15) is 24.3 Å². The molecule has 1 heterocycles. The summed E-state index contributed by atoms with van der Waals surface area (Å²) in [4.78, 5) is 10.8. The first kappa shape index (κ1) is 21.3. The molecule has 0 spiro atoms. The molecule has 138 valence electrons. The molecule has 0 radical (unpaired) electrons. The van der Waals surface area contributed by atoms with Crippen LogP contribution in [0, 0.1) is 13.8 Å². The van der Waals surface area contributed by atoms with E-state index in [0.717, 1.165) is 24.0 Å². The van der Waals surface area contributed by atoms with Gasteiger partial charge in [0.2, 0.25) is 5.89 Å². The predicted molar refractivity (Wildman–Crippen MR) is 114 cm³/mol. The quantitative estimate of drug-likeness (QED) is 0.397. The van der Waals surface area contributed by atoms with E-state index < -0.39 is 0 Å². The van der Waals surface area contributed by atoms with Crippen molar-refractivity contribution in [3.8, 4) is 0 Å². The Bertz CT molecular complexity index is 652. The fourth-order valence-electron chi connectivity index (χ4n) is 2.29. The van der Waals surface area contributed by atoms with E-state index in [9.17, 15) is 0 Å². The number of nitrogens with one attached hydrogen (secondary N) is 2. The number of aryl methyl sites for hydroxylation is 2. The van der Waals surface area contributed by atoms with Crippen molar-refractivity contribution < 1.29 is 4.42 Å². The van der Waals surface area contributed by atoms with E-state index in [0.29, 0.717) is 18.5 Å². The molecule has 0 saturated heterocycles. The van der Waals surface area contributed by atoms with Crippen molar-refractivity contribution in [2.24, 2.45) is 4.99 Å². The Morgan fingerprint density at radius 2 is 1.92 bits per heavy atom. The summed E-state index contributed by atoms with van der Waals surface area (Å²) in [7, 11) is 3.85. The SMILES string of the molecule is CN=C(NCc1nc(C)c(C)o1)NCC(C)N(C)c1ccccc1.I. The van der Waals surface area contributed by atoms with Crippen LogP contribution in [0.3, 0.4) is 0 Å². The first-order valence-corrected chi connectivity index (χ1v) is 8.16. The van der Waals surface area contributed by atoms with Crippen molar-refractivity contribution >= 4 is 35.6 Å². The summed E-state index contributed by atoms with van der Waals surface area (Å²) in [5.41, 5.74) is 2.12. The van der Waals surface area contributed by atoms with Gasteiger partial charge < -0.3 is 20.0 Å². The summed E-state index contributed by atoms with van der Waals surface area (Å²) in [6.07, 6.45) is 0. The minimum atomic E-state index is 0. The number of nitrogens with zero attached hydrogens (tertiary/aromatic N) is 3. The number of para-hydroxylation sites is 1. The van der Waals surface area contributed by atoms with Crippen LogP contribution in [0.2, 0.25) is 0 Å². The van der Waals surface area contributed by atoms with Crippen molar-refractivity contribution in [2.75, 3.05) is 25.5 Å². The molecule has 1 atom stereocenters. The third-order valence-electron chi connectivity index (χ3n) is 4.09. The van der Waals surface area contributed by atoms with Crippen molar-refractivity contribution in [2.45, 2.75) is 33.4 Å². The van der Waals surface area contributed by atoms with Gasteiger partial charge in [-0.2, -0.15) is 0 Å². The molecule has 2 aromatic rings. The van der Waals surface area contributed by atoms with Gasteiger partial charge in [0.1, 0.15) is 5.76 Å². The molecule has 1 aromatic heterocycles. The van der Waals surface area contributed by atoms with Crippen molar-refractivity contribution in [3.63, 3.8) is 0 Å². The molecule has 1 unspecified atom stereocenters. The number of benzene rings is 1. The van der Waals surface area contributed by atoms with Crippen LogP contribution in [0.25, 0.3) is 0 Å². The highest BCUT2D eigenvalue weighted by molar-refractivity contribution is 14.0. The van der Waals surface area contributed by atoms with Crippen LogP contribution in [0.15, 0.2) is 39.7 Å². The number of halogens is 1. The van der Waals surface area contributed by atoms with Gasteiger partial charge in [-0.25, -0.2) is 4.98 Å². The topological polar surface area (TPSA) is 65.7 Å². The average Bonchev–Trinajstić information content (AvgIpc) is 2.93. The van der Waals surface area contributed by atoms with Crippen LogP contribution in [-0.2, 0) is 6.54 Å². The number of aliphatic imine (C=N–C) groups is 1. The normalized spacial score (nSPS) is 12.3. The van der Waals surface area contributed by atoms with Gasteiger partial charge in [-0.05, 0) is 32.9 Å². The van der Waals surface area contributed by atoms with Gasteiger partial charge in [0.25, 0.3) is 0 Å². The van der Waals surface area contributed by atoms with E-state index in [1.165, 1.54) is 5.69 Å². The van der Waals surface area contributed by atoms with Crippen LogP contribution in [-0.4, -0.2) is 37.6 Å². The highest BCUT2D eigenvalue weighted by Gasteiger charge is 2.11. The third kappa shape index (κ3) is 6.22. The molecule has 0 aliphatic heterocycles. The van der Waals surface area contributed by atoms with Gasteiger partial charge in [-0.1, -0.05) is 18.2 Å². The number of anilines is 1. The lowest BCUT2D eigenvalue weighted by Gasteiger charge is -2.27. The number of hydrogen-bond donors (Lipinski definition) is 2. The molecule has 0 saturated carbocycles. The Morgan fingerprint density at radius 1 is 1.24 bits per heavy atom. The highest BCUT2D eigenvalue weighted by atomic mass is 127. The first-order valence-electron chi connectivity index (χ1n) is 8.16. The smallest absolute Gasteiger partial charge is 0.214 e. The maximum atomic E-state index is 5.57. The zero-order valence-corrected chi connectivity index (χ0v) is 17.9. The van der Waals surface area contributed by atoms with Crippen LogP contribution >= 0.6 is 24.0 Å². The Morgan fingerprint density at radius 3 is 2.48 bits per heavy atom. The zero-order valence-electron chi connectivity index (χ0n) is 15.5. The summed E-state index contributed by atoms with van der Waals surface area (Å²) in [6.45, 7) is 7.32. The van der Waals surface area contributed by atoms with Crippen molar-refractivity contribution in [1.82, 2.24) is 15.6 Å². The molecule has 25 heavy (non-hydrogen) atoms. The second kappa shape index (κ2) is 10.3. The van der Waals surface area contributed by atoms with Gasteiger partial charge >= 0.3 is 0 Å². The second-order valence-electron chi connectivity index (χ2n) is 5.85. The summed E-state index contributed by atoms with van der Waals surface area (Å²) >= 11 is 0. The van der Waals surface area contributed by atoms with Gasteiger partial charge in [0.15, 0.2) is 5.96 Å². The molecule has 2 rings (SSSR count). The number of likely N-dealkylation sites (N-methyl/N-ethyl adjacent to an activating group) is 1. The maximum Gasteiger partial charge on any atom is 0.214 e. The van der Waals surface area contributed by atoms with E-state index in [4.69, 9.17) is 4.42 Å². The van der Waals surface area contributed by atoms with E-state index in [2.05, 4.69) is 51.6 Å². The highest BCUT2D eigenvalue weighted by Crippen LogP contribution is 2.13. The summed E-state index contributed by atoms with van der Waals surface area (Å²) < 4.78 is 5.57. The minimum absolute atomic E-state index is 0. The predicted octanol–water partition coefficient (Wildman–Crippen LogP) is 3.10. The third-order valence-corrected chi connectivity index (χ3v) is 4.09. The van der Waals surface area contributed by atoms with Crippen molar-refractivity contribution in [3.05, 3.63) is 47.7 Å². The Hall–Kier alpha value is -1.77. The maximum absolute atomic E-state index is 5.57. The average molecular weight is 457 g/mol. The lowest BCUT2D eigenvalue weighted by Crippen LogP contribution is -2.44. The van der Waals surface area contributed by atoms with E-state index in [1.807, 2.05) is 32.0 Å². The molecule has 0 amide bonds. The Labute approximate surface area is 167 Å². The molecule has 0 aliphatic rings. The number of hydrogen-bond acceptors (Lipinski definition) is 4. The van der Waals surface area contributed by atoms with Gasteiger partial charge in [-0.3, -0.25) is 4.99 Å². The van der Waals surface area contributed by atoms with Gasteiger partial charge in [0, 0.05) is 32.4 Å². The van der Waals surface area contributed by atoms with Gasteiger partial charge in [0.05, 0.1) is 12.2 Å². The van der Waals surface area contributed by atoms with Crippen molar-refractivity contribution in [1.29, 1.82) is 0 Å².